The molecule has 30 heavy (non-hydrogen) atoms. The van der Waals surface area contributed by atoms with E-state index >= 15 is 0 Å². The molecule has 160 valence electrons. The van der Waals surface area contributed by atoms with E-state index in [-0.39, 0.29) is 12.3 Å². The highest BCUT2D eigenvalue weighted by molar-refractivity contribution is 5.89. The van der Waals surface area contributed by atoms with E-state index in [1.807, 2.05) is 30.3 Å². The maximum Gasteiger partial charge on any atom is 0.338 e. The molecule has 1 saturated heterocycles. The first kappa shape index (κ1) is 21.8. The van der Waals surface area contributed by atoms with E-state index in [4.69, 9.17) is 9.47 Å². The highest BCUT2D eigenvalue weighted by atomic mass is 16.6. The van der Waals surface area contributed by atoms with Crippen molar-refractivity contribution in [1.82, 2.24) is 0 Å². The van der Waals surface area contributed by atoms with Gasteiger partial charge in [0.1, 0.15) is 18.9 Å². The largest absolute Gasteiger partial charge is 0.489 e. The van der Waals surface area contributed by atoms with E-state index in [2.05, 4.69) is 13.8 Å². The van der Waals surface area contributed by atoms with E-state index in [0.29, 0.717) is 24.2 Å². The molecule has 0 saturated carbocycles. The van der Waals surface area contributed by atoms with Crippen molar-refractivity contribution in [1.29, 1.82) is 0 Å². The van der Waals surface area contributed by atoms with Gasteiger partial charge in [-0.2, -0.15) is 0 Å². The molecule has 0 radical (unpaired) electrons. The number of esters is 1. The zero-order valence-electron chi connectivity index (χ0n) is 17.5. The number of para-hydroxylation sites is 1. The van der Waals surface area contributed by atoms with Gasteiger partial charge in [0.2, 0.25) is 0 Å². The predicted octanol–water partition coefficient (Wildman–Crippen LogP) is 3.05. The first-order chi connectivity index (χ1) is 14.4. The lowest BCUT2D eigenvalue weighted by Crippen LogP contribution is -3.20. The quantitative estimate of drug-likeness (QED) is 0.409. The van der Waals surface area contributed by atoms with Gasteiger partial charge in [-0.05, 0) is 57.4 Å². The third-order valence-electron chi connectivity index (χ3n) is 5.77. The Bertz CT molecular complexity index is 830. The van der Waals surface area contributed by atoms with Crippen LogP contribution in [-0.2, 0) is 4.74 Å². The Morgan fingerprint density at radius 2 is 1.73 bits per heavy atom. The van der Waals surface area contributed by atoms with Gasteiger partial charge in [0.25, 0.3) is 5.69 Å². The molecule has 0 spiro atoms. The lowest BCUT2D eigenvalue weighted by Gasteiger charge is -2.37. The van der Waals surface area contributed by atoms with Crippen LogP contribution in [0.15, 0.2) is 54.6 Å². The van der Waals surface area contributed by atoms with E-state index in [9.17, 15) is 14.9 Å². The molecule has 1 aliphatic rings. The van der Waals surface area contributed by atoms with Crippen LogP contribution in [0.4, 0.5) is 5.69 Å². The average Bonchev–Trinajstić information content (AvgIpc) is 2.75. The van der Waals surface area contributed by atoms with Crippen LogP contribution in [0.3, 0.4) is 0 Å². The number of benzene rings is 2. The Morgan fingerprint density at radius 1 is 1.10 bits per heavy atom. The molecule has 0 aromatic heterocycles. The van der Waals surface area contributed by atoms with Gasteiger partial charge in [-0.3, -0.25) is 10.1 Å². The summed E-state index contributed by atoms with van der Waals surface area (Å²) < 4.78 is 11.7. The van der Waals surface area contributed by atoms with Crippen molar-refractivity contribution in [2.24, 2.45) is 0 Å². The molecule has 3 atom stereocenters. The van der Waals surface area contributed by atoms with E-state index in [1.165, 1.54) is 35.6 Å². The number of hydrogen-bond donors (Lipinski definition) is 1. The van der Waals surface area contributed by atoms with Gasteiger partial charge in [0.05, 0.1) is 22.6 Å². The molecule has 1 N–H and O–H groups in total. The highest BCUT2D eigenvalue weighted by Gasteiger charge is 2.32. The van der Waals surface area contributed by atoms with Gasteiger partial charge in [-0.25, -0.2) is 4.79 Å². The smallest absolute Gasteiger partial charge is 0.338 e. The lowest BCUT2D eigenvalue weighted by atomic mass is 9.97. The highest BCUT2D eigenvalue weighted by Crippen LogP contribution is 2.15. The predicted molar refractivity (Wildman–Crippen MR) is 113 cm³/mol. The van der Waals surface area contributed by atoms with Gasteiger partial charge in [0.15, 0.2) is 6.10 Å². The Hall–Kier alpha value is -2.93. The molecular formula is C23H29N2O5+. The summed E-state index contributed by atoms with van der Waals surface area (Å²) in [5.41, 5.74) is 0.232. The number of rotatable bonds is 8. The van der Waals surface area contributed by atoms with Crippen molar-refractivity contribution in [2.75, 3.05) is 13.2 Å². The van der Waals surface area contributed by atoms with Gasteiger partial charge < -0.3 is 14.4 Å². The van der Waals surface area contributed by atoms with Crippen molar-refractivity contribution in [3.63, 3.8) is 0 Å². The van der Waals surface area contributed by atoms with Crippen LogP contribution in [0.5, 0.6) is 5.75 Å². The number of carbonyl (C=O) groups is 1. The standard InChI is InChI=1S/C23H28N2O5/c1-17-7-6-8-18(2)24(17)15-22(16-29-21-9-4-3-5-10-21)30-23(26)19-11-13-20(14-12-19)25(27)28/h3-5,9-14,17-18,22H,6-8,15-16H2,1-2H3/p+1/t17-,18-,22-/m0/s1. The Morgan fingerprint density at radius 3 is 2.33 bits per heavy atom. The van der Waals surface area contributed by atoms with Crippen LogP contribution in [0, 0.1) is 10.1 Å². The van der Waals surface area contributed by atoms with Crippen LogP contribution in [0.25, 0.3) is 0 Å². The summed E-state index contributed by atoms with van der Waals surface area (Å²) in [6, 6.07) is 15.9. The van der Waals surface area contributed by atoms with Crippen molar-refractivity contribution >= 4 is 11.7 Å². The number of nitrogens with one attached hydrogen (secondary N) is 1. The number of carbonyl (C=O) groups excluding carboxylic acids is 1. The molecule has 0 amide bonds. The van der Waals surface area contributed by atoms with Crippen LogP contribution in [0.2, 0.25) is 0 Å². The van der Waals surface area contributed by atoms with Crippen molar-refractivity contribution in [3.05, 3.63) is 70.3 Å². The third-order valence-corrected chi connectivity index (χ3v) is 5.77. The number of piperidine rings is 1. The topological polar surface area (TPSA) is 83.1 Å². The fourth-order valence-electron chi connectivity index (χ4n) is 4.03. The van der Waals surface area contributed by atoms with Gasteiger partial charge >= 0.3 is 5.97 Å². The molecule has 0 unspecified atom stereocenters. The summed E-state index contributed by atoms with van der Waals surface area (Å²) in [4.78, 5) is 24.5. The van der Waals surface area contributed by atoms with E-state index in [1.54, 1.807) is 0 Å². The molecule has 0 aliphatic carbocycles. The molecular weight excluding hydrogens is 384 g/mol. The molecule has 2 aromatic rings. The number of likely N-dealkylation sites (tertiary alicyclic amines) is 1. The monoisotopic (exact) mass is 413 g/mol. The van der Waals surface area contributed by atoms with E-state index in [0.717, 1.165) is 18.6 Å². The minimum absolute atomic E-state index is 0.0593. The second-order valence-electron chi connectivity index (χ2n) is 7.97. The average molecular weight is 413 g/mol. The fraction of sp³-hybridized carbons (Fsp3) is 0.435. The zero-order valence-corrected chi connectivity index (χ0v) is 17.5. The third kappa shape index (κ3) is 5.79. The molecule has 1 fully saturated rings. The number of ether oxygens (including phenoxy) is 2. The van der Waals surface area contributed by atoms with Crippen LogP contribution >= 0.6 is 0 Å². The molecule has 7 heteroatoms. The first-order valence-electron chi connectivity index (χ1n) is 10.4. The Kier molecular flexibility index (Phi) is 7.41. The summed E-state index contributed by atoms with van der Waals surface area (Å²) >= 11 is 0. The van der Waals surface area contributed by atoms with Crippen molar-refractivity contribution in [2.45, 2.75) is 51.3 Å². The molecule has 7 nitrogen and oxygen atoms in total. The SMILES string of the molecule is C[C@H]1CCC[C@H](C)[NH+]1C[C@@H](COc1ccccc1)OC(=O)c1ccc([N+](=O)[O-])cc1. The lowest BCUT2D eigenvalue weighted by molar-refractivity contribution is -0.953. The van der Waals surface area contributed by atoms with Crippen LogP contribution < -0.4 is 9.64 Å². The number of nitro groups is 1. The Balaban J connectivity index is 1.70. The molecule has 1 aliphatic heterocycles. The summed E-state index contributed by atoms with van der Waals surface area (Å²) in [5.74, 6) is 0.229. The first-order valence-corrected chi connectivity index (χ1v) is 10.4. The summed E-state index contributed by atoms with van der Waals surface area (Å²) in [6.07, 6.45) is 3.11. The number of nitro benzene ring substituents is 1. The van der Waals surface area contributed by atoms with Gasteiger partial charge in [-0.15, -0.1) is 0 Å². The maximum atomic E-state index is 12.7. The normalized spacial score (nSPS) is 20.3. The van der Waals surface area contributed by atoms with Gasteiger partial charge in [0, 0.05) is 12.1 Å². The maximum absolute atomic E-state index is 12.7. The molecule has 0 bridgehead atoms. The summed E-state index contributed by atoms with van der Waals surface area (Å²) in [5, 5.41) is 10.8. The number of hydrogen-bond acceptors (Lipinski definition) is 5. The van der Waals surface area contributed by atoms with Crippen molar-refractivity contribution in [3.8, 4) is 5.75 Å². The number of non-ortho nitro benzene ring substituents is 1. The minimum Gasteiger partial charge on any atom is -0.489 e. The second-order valence-corrected chi connectivity index (χ2v) is 7.97. The summed E-state index contributed by atoms with van der Waals surface area (Å²) in [7, 11) is 0. The summed E-state index contributed by atoms with van der Waals surface area (Å²) in [6.45, 7) is 5.38. The molecule has 1 heterocycles. The zero-order chi connectivity index (χ0) is 21.5. The molecule has 3 rings (SSSR count). The van der Waals surface area contributed by atoms with Crippen LogP contribution in [-0.4, -0.2) is 42.2 Å². The minimum atomic E-state index is -0.497. The van der Waals surface area contributed by atoms with Crippen molar-refractivity contribution < 1.29 is 24.1 Å². The molecule has 2 aromatic carbocycles. The van der Waals surface area contributed by atoms with E-state index < -0.39 is 17.0 Å². The number of nitrogens with zero attached hydrogens (tertiary/aromatic N) is 1. The Labute approximate surface area is 176 Å². The van der Waals surface area contributed by atoms with Gasteiger partial charge in [-0.1, -0.05) is 18.2 Å². The van der Waals surface area contributed by atoms with Crippen LogP contribution in [0.1, 0.15) is 43.5 Å². The second kappa shape index (κ2) is 10.2. The number of quaternary nitrogens is 1. The fourth-order valence-corrected chi connectivity index (χ4v) is 4.03.